The number of carbonyl (C=O) groups is 2. The number of amides is 1. The van der Waals surface area contributed by atoms with Crippen LogP contribution in [0.1, 0.15) is 39.2 Å². The van der Waals surface area contributed by atoms with E-state index in [2.05, 4.69) is 27.9 Å². The van der Waals surface area contributed by atoms with E-state index in [1.807, 2.05) is 30.3 Å². The second-order valence-electron chi connectivity index (χ2n) is 6.17. The zero-order valence-corrected chi connectivity index (χ0v) is 16.0. The predicted octanol–water partition coefficient (Wildman–Crippen LogP) is 3.84. The molecule has 0 bridgehead atoms. The van der Waals surface area contributed by atoms with Crippen molar-refractivity contribution in [3.05, 3.63) is 35.9 Å². The Kier molecular flexibility index (Phi) is 8.36. The molecule has 23 heavy (non-hydrogen) atoms. The SMILES string of the molecule is CC(C)(C)OC(=O)N[C@@H](CCI)CC(=O)OCc1ccccc1. The van der Waals surface area contributed by atoms with Crippen molar-refractivity contribution >= 4 is 34.7 Å². The number of esters is 1. The average molecular weight is 433 g/mol. The monoisotopic (exact) mass is 433 g/mol. The van der Waals surface area contributed by atoms with Crippen molar-refractivity contribution in [2.24, 2.45) is 0 Å². The minimum absolute atomic E-state index is 0.134. The van der Waals surface area contributed by atoms with Crippen molar-refractivity contribution in [3.63, 3.8) is 0 Å². The molecule has 1 N–H and O–H groups in total. The summed E-state index contributed by atoms with van der Waals surface area (Å²) in [6.07, 6.45) is 0.304. The second kappa shape index (κ2) is 9.75. The van der Waals surface area contributed by atoms with Crippen LogP contribution in [0.3, 0.4) is 0 Å². The van der Waals surface area contributed by atoms with Gasteiger partial charge in [-0.25, -0.2) is 4.79 Å². The second-order valence-corrected chi connectivity index (χ2v) is 7.25. The van der Waals surface area contributed by atoms with E-state index in [1.54, 1.807) is 20.8 Å². The molecule has 0 aliphatic rings. The third-order valence-electron chi connectivity index (χ3n) is 2.83. The van der Waals surface area contributed by atoms with Crippen LogP contribution in [0.5, 0.6) is 0 Å². The van der Waals surface area contributed by atoms with Gasteiger partial charge in [-0.05, 0) is 32.8 Å². The number of alkyl halides is 1. The summed E-state index contributed by atoms with van der Waals surface area (Å²) in [6.45, 7) is 5.64. The van der Waals surface area contributed by atoms with Gasteiger partial charge in [0.05, 0.1) is 6.42 Å². The summed E-state index contributed by atoms with van der Waals surface area (Å²) < 4.78 is 11.3. The van der Waals surface area contributed by atoms with Crippen LogP contribution in [0, 0.1) is 0 Å². The molecule has 1 rings (SSSR count). The van der Waals surface area contributed by atoms with Crippen LogP contribution < -0.4 is 5.32 Å². The van der Waals surface area contributed by atoms with E-state index >= 15 is 0 Å². The van der Waals surface area contributed by atoms with E-state index in [0.717, 1.165) is 9.99 Å². The fraction of sp³-hybridized carbons (Fsp3) is 0.529. The Hall–Kier alpha value is -1.31. The molecule has 0 aliphatic carbocycles. The number of nitrogens with one attached hydrogen (secondary N) is 1. The van der Waals surface area contributed by atoms with Gasteiger partial charge in [0, 0.05) is 10.5 Å². The minimum Gasteiger partial charge on any atom is -0.461 e. The molecule has 0 heterocycles. The molecule has 0 unspecified atom stereocenters. The molecule has 1 aromatic carbocycles. The summed E-state index contributed by atoms with van der Waals surface area (Å²) >= 11 is 2.21. The molecule has 1 aromatic rings. The van der Waals surface area contributed by atoms with Crippen LogP contribution in [0.2, 0.25) is 0 Å². The molecule has 0 aromatic heterocycles. The molecule has 1 amide bonds. The standard InChI is InChI=1S/C17H24INO4/c1-17(2,3)23-16(21)19-14(9-10-18)11-15(20)22-12-13-7-5-4-6-8-13/h4-8,14H,9-12H2,1-3H3,(H,19,21)/t14-/m0/s1. The zero-order chi connectivity index (χ0) is 17.3. The first-order valence-electron chi connectivity index (χ1n) is 7.55. The Morgan fingerprint density at radius 3 is 2.43 bits per heavy atom. The summed E-state index contributed by atoms with van der Waals surface area (Å²) in [5.41, 5.74) is 0.374. The zero-order valence-electron chi connectivity index (χ0n) is 13.8. The van der Waals surface area contributed by atoms with Crippen molar-refractivity contribution in [3.8, 4) is 0 Å². The van der Waals surface area contributed by atoms with E-state index in [0.29, 0.717) is 6.42 Å². The number of ether oxygens (including phenoxy) is 2. The van der Waals surface area contributed by atoms with Gasteiger partial charge in [0.2, 0.25) is 0 Å². The highest BCUT2D eigenvalue weighted by atomic mass is 127. The van der Waals surface area contributed by atoms with Gasteiger partial charge in [0.25, 0.3) is 0 Å². The molecular weight excluding hydrogens is 409 g/mol. The predicted molar refractivity (Wildman–Crippen MR) is 97.5 cm³/mol. The van der Waals surface area contributed by atoms with Gasteiger partial charge in [0.15, 0.2) is 0 Å². The maximum absolute atomic E-state index is 12.0. The van der Waals surface area contributed by atoms with Crippen molar-refractivity contribution in [2.45, 2.75) is 51.9 Å². The molecule has 0 saturated heterocycles. The van der Waals surface area contributed by atoms with Crippen molar-refractivity contribution in [2.75, 3.05) is 4.43 Å². The van der Waals surface area contributed by atoms with Crippen LogP contribution in [0.4, 0.5) is 4.79 Å². The molecule has 0 aliphatic heterocycles. The molecule has 1 atom stereocenters. The first-order chi connectivity index (χ1) is 10.8. The van der Waals surface area contributed by atoms with Crippen molar-refractivity contribution in [1.82, 2.24) is 5.32 Å². The molecule has 0 saturated carbocycles. The van der Waals surface area contributed by atoms with E-state index in [1.165, 1.54) is 0 Å². The highest BCUT2D eigenvalue weighted by Gasteiger charge is 2.21. The lowest BCUT2D eigenvalue weighted by molar-refractivity contribution is -0.145. The molecule has 0 spiro atoms. The number of halogens is 1. The van der Waals surface area contributed by atoms with Gasteiger partial charge in [-0.3, -0.25) is 4.79 Å². The highest BCUT2D eigenvalue weighted by molar-refractivity contribution is 14.1. The fourth-order valence-corrected chi connectivity index (χ4v) is 2.58. The van der Waals surface area contributed by atoms with Crippen molar-refractivity contribution < 1.29 is 19.1 Å². The van der Waals surface area contributed by atoms with E-state index < -0.39 is 11.7 Å². The topological polar surface area (TPSA) is 64.6 Å². The molecule has 0 radical (unpaired) electrons. The largest absolute Gasteiger partial charge is 0.461 e. The average Bonchev–Trinajstić information content (AvgIpc) is 2.44. The van der Waals surface area contributed by atoms with Crippen LogP contribution in [-0.2, 0) is 20.9 Å². The number of hydrogen-bond donors (Lipinski definition) is 1. The summed E-state index contributed by atoms with van der Waals surface area (Å²) in [6, 6.07) is 9.21. The number of hydrogen-bond acceptors (Lipinski definition) is 4. The Morgan fingerprint density at radius 1 is 1.22 bits per heavy atom. The molecule has 5 nitrogen and oxygen atoms in total. The highest BCUT2D eigenvalue weighted by Crippen LogP contribution is 2.10. The number of alkyl carbamates (subject to hydrolysis) is 1. The van der Waals surface area contributed by atoms with Crippen LogP contribution in [0.25, 0.3) is 0 Å². The number of carbonyl (C=O) groups excluding carboxylic acids is 2. The number of benzene rings is 1. The van der Waals surface area contributed by atoms with Gasteiger partial charge in [-0.2, -0.15) is 0 Å². The molecule has 0 fully saturated rings. The quantitative estimate of drug-likeness (QED) is 0.403. The Morgan fingerprint density at radius 2 is 1.87 bits per heavy atom. The lowest BCUT2D eigenvalue weighted by Crippen LogP contribution is -2.40. The molecular formula is C17H24INO4. The van der Waals surface area contributed by atoms with Gasteiger partial charge in [-0.1, -0.05) is 52.9 Å². The summed E-state index contributed by atoms with van der Waals surface area (Å²) in [5, 5.41) is 2.74. The lowest BCUT2D eigenvalue weighted by atomic mass is 10.1. The van der Waals surface area contributed by atoms with Crippen LogP contribution in [-0.4, -0.2) is 28.1 Å². The van der Waals surface area contributed by atoms with E-state index in [9.17, 15) is 9.59 Å². The minimum atomic E-state index is -0.563. The molecule has 128 valence electrons. The van der Waals surface area contributed by atoms with Crippen LogP contribution >= 0.6 is 22.6 Å². The van der Waals surface area contributed by atoms with Gasteiger partial charge in [0.1, 0.15) is 12.2 Å². The smallest absolute Gasteiger partial charge is 0.407 e. The summed E-state index contributed by atoms with van der Waals surface area (Å²) in [4.78, 5) is 23.8. The third kappa shape index (κ3) is 9.43. The normalized spacial score (nSPS) is 12.3. The van der Waals surface area contributed by atoms with E-state index in [4.69, 9.17) is 9.47 Å². The fourth-order valence-electron chi connectivity index (χ4n) is 1.83. The summed E-state index contributed by atoms with van der Waals surface area (Å²) in [5.74, 6) is -0.334. The maximum atomic E-state index is 12.0. The Balaban J connectivity index is 2.44. The molecule has 6 heteroatoms. The van der Waals surface area contributed by atoms with Gasteiger partial charge >= 0.3 is 12.1 Å². The first kappa shape index (κ1) is 19.7. The van der Waals surface area contributed by atoms with E-state index in [-0.39, 0.29) is 25.0 Å². The van der Waals surface area contributed by atoms with Crippen LogP contribution in [0.15, 0.2) is 30.3 Å². The maximum Gasteiger partial charge on any atom is 0.407 e. The third-order valence-corrected chi connectivity index (χ3v) is 3.46. The van der Waals surface area contributed by atoms with Gasteiger partial charge in [-0.15, -0.1) is 0 Å². The Bertz CT molecular complexity index is 499. The van der Waals surface area contributed by atoms with Crippen molar-refractivity contribution in [1.29, 1.82) is 0 Å². The van der Waals surface area contributed by atoms with Gasteiger partial charge < -0.3 is 14.8 Å². The first-order valence-corrected chi connectivity index (χ1v) is 9.08. The summed E-state index contributed by atoms with van der Waals surface area (Å²) in [7, 11) is 0. The lowest BCUT2D eigenvalue weighted by Gasteiger charge is -2.23. The number of rotatable bonds is 7. The Labute approximate surface area is 151 Å².